The molecular formula is C18H16O2. The van der Waals surface area contributed by atoms with Gasteiger partial charge in [0.1, 0.15) is 5.60 Å². The van der Waals surface area contributed by atoms with Gasteiger partial charge in [-0.2, -0.15) is 0 Å². The third-order valence-electron chi connectivity index (χ3n) is 4.57. The minimum atomic E-state index is -0.330. The van der Waals surface area contributed by atoms with Gasteiger partial charge in [0.25, 0.3) is 0 Å². The molecule has 2 aromatic rings. The number of ether oxygens (including phenoxy) is 1. The Morgan fingerprint density at radius 3 is 2.30 bits per heavy atom. The fourth-order valence-corrected chi connectivity index (χ4v) is 3.44. The summed E-state index contributed by atoms with van der Waals surface area (Å²) in [5, 5.41) is 0. The summed E-state index contributed by atoms with van der Waals surface area (Å²) in [5.74, 6) is 0.242. The molecule has 2 aromatic carbocycles. The lowest BCUT2D eigenvalue weighted by molar-refractivity contribution is -0.122. The van der Waals surface area contributed by atoms with Crippen LogP contribution in [0.3, 0.4) is 0 Å². The van der Waals surface area contributed by atoms with Gasteiger partial charge in [-0.25, -0.2) is 0 Å². The molecule has 0 unspecified atom stereocenters. The van der Waals surface area contributed by atoms with E-state index >= 15 is 0 Å². The zero-order valence-corrected chi connectivity index (χ0v) is 11.2. The summed E-state index contributed by atoms with van der Waals surface area (Å²) in [5.41, 5.74) is 1.93. The molecule has 4 rings (SSSR count). The Morgan fingerprint density at radius 1 is 0.950 bits per heavy atom. The Labute approximate surface area is 118 Å². The highest BCUT2D eigenvalue weighted by atomic mass is 16.6. The second-order valence-electron chi connectivity index (χ2n) is 5.66. The van der Waals surface area contributed by atoms with Gasteiger partial charge in [0.05, 0.1) is 0 Å². The van der Waals surface area contributed by atoms with Crippen molar-refractivity contribution in [3.05, 3.63) is 71.8 Å². The van der Waals surface area contributed by atoms with Crippen LogP contribution in [-0.4, -0.2) is 11.9 Å². The SMILES string of the molecule is O=C1[C@H]2O[C@@]2(c2ccccc2)CC[C@@H]1c1ccccc1. The maximum Gasteiger partial charge on any atom is 0.172 e. The molecule has 1 saturated carbocycles. The Morgan fingerprint density at radius 2 is 1.60 bits per heavy atom. The van der Waals surface area contributed by atoms with Crippen LogP contribution in [0.5, 0.6) is 0 Å². The summed E-state index contributed by atoms with van der Waals surface area (Å²) in [6.45, 7) is 0. The van der Waals surface area contributed by atoms with Gasteiger partial charge in [-0.1, -0.05) is 60.7 Å². The van der Waals surface area contributed by atoms with Gasteiger partial charge in [-0.05, 0) is 24.0 Å². The minimum Gasteiger partial charge on any atom is -0.353 e. The average Bonchev–Trinajstić information content (AvgIpc) is 3.27. The number of carbonyl (C=O) groups excluding carboxylic acids is 1. The number of hydrogen-bond donors (Lipinski definition) is 0. The molecule has 3 atom stereocenters. The van der Waals surface area contributed by atoms with Crippen molar-refractivity contribution in [2.24, 2.45) is 0 Å². The highest BCUT2D eigenvalue weighted by molar-refractivity contribution is 5.94. The van der Waals surface area contributed by atoms with E-state index in [9.17, 15) is 4.79 Å². The van der Waals surface area contributed by atoms with Crippen LogP contribution >= 0.6 is 0 Å². The molecule has 0 amide bonds. The zero-order chi connectivity index (χ0) is 13.6. The van der Waals surface area contributed by atoms with E-state index in [1.54, 1.807) is 0 Å². The van der Waals surface area contributed by atoms with Gasteiger partial charge >= 0.3 is 0 Å². The molecule has 1 aliphatic carbocycles. The van der Waals surface area contributed by atoms with E-state index in [-0.39, 0.29) is 23.4 Å². The fraction of sp³-hybridized carbons (Fsp3) is 0.278. The second-order valence-corrected chi connectivity index (χ2v) is 5.66. The number of fused-ring (bicyclic) bond motifs is 1. The summed E-state index contributed by atoms with van der Waals surface area (Å²) in [6.07, 6.45) is 1.55. The highest BCUT2D eigenvalue weighted by Gasteiger charge is 2.64. The van der Waals surface area contributed by atoms with Crippen LogP contribution < -0.4 is 0 Å². The molecule has 0 bridgehead atoms. The molecule has 0 aromatic heterocycles. The van der Waals surface area contributed by atoms with E-state index in [1.807, 2.05) is 48.5 Å². The molecule has 2 fully saturated rings. The summed E-state index contributed by atoms with van der Waals surface area (Å²) >= 11 is 0. The largest absolute Gasteiger partial charge is 0.353 e. The number of hydrogen-bond acceptors (Lipinski definition) is 2. The molecule has 20 heavy (non-hydrogen) atoms. The zero-order valence-electron chi connectivity index (χ0n) is 11.2. The van der Waals surface area contributed by atoms with E-state index < -0.39 is 0 Å². The Bertz CT molecular complexity index is 635. The smallest absolute Gasteiger partial charge is 0.172 e. The van der Waals surface area contributed by atoms with Crippen LogP contribution in [-0.2, 0) is 15.1 Å². The van der Waals surface area contributed by atoms with E-state index in [2.05, 4.69) is 12.1 Å². The van der Waals surface area contributed by atoms with Gasteiger partial charge in [0.15, 0.2) is 11.9 Å². The van der Waals surface area contributed by atoms with Gasteiger partial charge < -0.3 is 4.74 Å². The lowest BCUT2D eigenvalue weighted by Crippen LogP contribution is -2.30. The summed E-state index contributed by atoms with van der Waals surface area (Å²) in [6, 6.07) is 20.2. The number of carbonyl (C=O) groups is 1. The lowest BCUT2D eigenvalue weighted by Gasteiger charge is -2.24. The average molecular weight is 264 g/mol. The van der Waals surface area contributed by atoms with E-state index in [1.165, 1.54) is 0 Å². The van der Waals surface area contributed by atoms with Crippen LogP contribution in [0, 0.1) is 0 Å². The van der Waals surface area contributed by atoms with Crippen LogP contribution in [0.4, 0.5) is 0 Å². The van der Waals surface area contributed by atoms with Crippen LogP contribution in [0.1, 0.15) is 29.9 Å². The molecule has 2 heteroatoms. The highest BCUT2D eigenvalue weighted by Crippen LogP contribution is 2.56. The molecule has 2 nitrogen and oxygen atoms in total. The van der Waals surface area contributed by atoms with Crippen molar-refractivity contribution in [1.82, 2.24) is 0 Å². The predicted molar refractivity (Wildman–Crippen MR) is 76.4 cm³/mol. The third-order valence-corrected chi connectivity index (χ3v) is 4.57. The summed E-state index contributed by atoms with van der Waals surface area (Å²) in [7, 11) is 0. The number of benzene rings is 2. The van der Waals surface area contributed by atoms with Crippen LogP contribution in [0.25, 0.3) is 0 Å². The lowest BCUT2D eigenvalue weighted by atomic mass is 9.75. The van der Waals surface area contributed by atoms with Gasteiger partial charge in [-0.15, -0.1) is 0 Å². The number of rotatable bonds is 2. The molecule has 0 spiro atoms. The molecule has 1 aliphatic heterocycles. The molecule has 1 saturated heterocycles. The Hall–Kier alpha value is -1.93. The van der Waals surface area contributed by atoms with E-state index in [0.717, 1.165) is 24.0 Å². The Balaban J connectivity index is 1.62. The summed E-state index contributed by atoms with van der Waals surface area (Å²) in [4.78, 5) is 12.6. The first-order valence-electron chi connectivity index (χ1n) is 7.13. The number of epoxide rings is 1. The standard InChI is InChI=1S/C18H16O2/c19-16-15(13-7-3-1-4-8-13)11-12-18(17(16)20-18)14-9-5-2-6-10-14/h1-10,15,17H,11-12H2/t15-,17-,18-/m1/s1. The quantitative estimate of drug-likeness (QED) is 0.778. The van der Waals surface area contributed by atoms with Crippen molar-refractivity contribution in [1.29, 1.82) is 0 Å². The van der Waals surface area contributed by atoms with Crippen molar-refractivity contribution in [3.63, 3.8) is 0 Å². The predicted octanol–water partition coefficient (Wildman–Crippen LogP) is 3.43. The van der Waals surface area contributed by atoms with Crippen molar-refractivity contribution < 1.29 is 9.53 Å². The van der Waals surface area contributed by atoms with Gasteiger partial charge in [0, 0.05) is 5.92 Å². The maximum absolute atomic E-state index is 12.6. The van der Waals surface area contributed by atoms with Crippen molar-refractivity contribution >= 4 is 5.78 Å². The number of ketones is 1. The normalized spacial score (nSPS) is 31.7. The molecule has 1 heterocycles. The molecule has 0 radical (unpaired) electrons. The molecule has 0 N–H and O–H groups in total. The van der Waals surface area contributed by atoms with Crippen molar-refractivity contribution in [2.45, 2.75) is 30.5 Å². The monoisotopic (exact) mass is 264 g/mol. The van der Waals surface area contributed by atoms with Crippen molar-refractivity contribution in [3.8, 4) is 0 Å². The van der Waals surface area contributed by atoms with Crippen molar-refractivity contribution in [2.75, 3.05) is 0 Å². The van der Waals surface area contributed by atoms with Gasteiger partial charge in [-0.3, -0.25) is 4.79 Å². The first-order chi connectivity index (χ1) is 9.81. The number of Topliss-reactive ketones (excluding diaryl/α,β-unsaturated/α-hetero) is 1. The molecule has 100 valence electrons. The Kier molecular flexibility index (Phi) is 2.54. The molecular weight excluding hydrogens is 248 g/mol. The molecule has 2 aliphatic rings. The van der Waals surface area contributed by atoms with Crippen LogP contribution in [0.2, 0.25) is 0 Å². The minimum absolute atomic E-state index is 0.000497. The van der Waals surface area contributed by atoms with Gasteiger partial charge in [0.2, 0.25) is 0 Å². The first kappa shape index (κ1) is 11.9. The second kappa shape index (κ2) is 4.29. The first-order valence-corrected chi connectivity index (χ1v) is 7.13. The van der Waals surface area contributed by atoms with E-state index in [4.69, 9.17) is 4.74 Å². The maximum atomic E-state index is 12.6. The summed E-state index contributed by atoms with van der Waals surface area (Å²) < 4.78 is 5.87. The van der Waals surface area contributed by atoms with E-state index in [0.29, 0.717) is 0 Å². The van der Waals surface area contributed by atoms with Crippen LogP contribution in [0.15, 0.2) is 60.7 Å². The fourth-order valence-electron chi connectivity index (χ4n) is 3.44. The third kappa shape index (κ3) is 1.65. The topological polar surface area (TPSA) is 29.6 Å².